The average molecular weight is 474 g/mol. The Hall–Kier alpha value is -3.25. The molecule has 5 rings (SSSR count). The van der Waals surface area contributed by atoms with Gasteiger partial charge in [0.1, 0.15) is 5.82 Å². The summed E-state index contributed by atoms with van der Waals surface area (Å²) < 4.78 is 2.57. The summed E-state index contributed by atoms with van der Waals surface area (Å²) in [5, 5.41) is 0.561. The lowest BCUT2D eigenvalue weighted by Crippen LogP contribution is -2.31. The van der Waals surface area contributed by atoms with E-state index in [0.717, 1.165) is 21.4 Å². The van der Waals surface area contributed by atoms with Gasteiger partial charge in [-0.1, -0.05) is 46.3 Å². The summed E-state index contributed by atoms with van der Waals surface area (Å²) in [5.41, 5.74) is 3.15. The second kappa shape index (κ2) is 7.78. The first kappa shape index (κ1) is 19.7. The van der Waals surface area contributed by atoms with E-state index in [0.29, 0.717) is 29.7 Å². The molecule has 1 aliphatic heterocycles. The molecule has 154 valence electrons. The van der Waals surface area contributed by atoms with Gasteiger partial charge in [0, 0.05) is 23.1 Å². The monoisotopic (exact) mass is 473 g/mol. The molecule has 6 heteroatoms. The normalized spacial score (nSPS) is 15.5. The summed E-state index contributed by atoms with van der Waals surface area (Å²) in [4.78, 5) is 33.4. The van der Waals surface area contributed by atoms with Gasteiger partial charge in [-0.2, -0.15) is 0 Å². The van der Waals surface area contributed by atoms with Crippen molar-refractivity contribution in [2.24, 2.45) is 0 Å². The van der Waals surface area contributed by atoms with Gasteiger partial charge >= 0.3 is 0 Å². The quantitative estimate of drug-likeness (QED) is 0.426. The Morgan fingerprint density at radius 1 is 0.968 bits per heavy atom. The predicted molar refractivity (Wildman–Crippen MR) is 126 cm³/mol. The van der Waals surface area contributed by atoms with Crippen molar-refractivity contribution < 1.29 is 4.79 Å². The topological polar surface area (TPSA) is 55.2 Å². The molecule has 1 unspecified atom stereocenters. The Morgan fingerprint density at radius 3 is 2.48 bits per heavy atom. The molecule has 0 saturated heterocycles. The minimum atomic E-state index is -0.393. The first-order valence-corrected chi connectivity index (χ1v) is 11.0. The first-order valence-electron chi connectivity index (χ1n) is 10.3. The maximum atomic E-state index is 13.4. The SMILES string of the molecule is CCN1C(=O)C(Cc2nc3ccccc3c(=O)n2-c2ccccc2)c2cc(Br)ccc21. The number of para-hydroxylation sites is 2. The fraction of sp³-hybridized carbons (Fsp3) is 0.160. The van der Waals surface area contributed by atoms with E-state index in [1.54, 1.807) is 15.5 Å². The van der Waals surface area contributed by atoms with Gasteiger partial charge < -0.3 is 4.90 Å². The molecular formula is C25H20BrN3O2. The highest BCUT2D eigenvalue weighted by atomic mass is 79.9. The molecule has 4 aromatic rings. The molecule has 0 radical (unpaired) electrons. The molecule has 0 spiro atoms. The molecule has 31 heavy (non-hydrogen) atoms. The number of nitrogens with zero attached hydrogens (tertiary/aromatic N) is 3. The number of amides is 1. The van der Waals surface area contributed by atoms with Crippen LogP contribution in [0.3, 0.4) is 0 Å². The van der Waals surface area contributed by atoms with Gasteiger partial charge in [-0.05, 0) is 55.0 Å². The molecule has 1 atom stereocenters. The minimum absolute atomic E-state index is 0.0395. The number of rotatable bonds is 4. The molecule has 0 N–H and O–H groups in total. The maximum absolute atomic E-state index is 13.4. The van der Waals surface area contributed by atoms with Gasteiger partial charge in [0.2, 0.25) is 5.91 Å². The summed E-state index contributed by atoms with van der Waals surface area (Å²) in [6.45, 7) is 2.57. The molecule has 0 saturated carbocycles. The molecule has 1 aliphatic rings. The van der Waals surface area contributed by atoms with Crippen molar-refractivity contribution in [3.8, 4) is 5.69 Å². The lowest BCUT2D eigenvalue weighted by molar-refractivity contribution is -0.119. The van der Waals surface area contributed by atoms with E-state index in [1.807, 2.05) is 73.7 Å². The summed E-state index contributed by atoms with van der Waals surface area (Å²) >= 11 is 3.53. The van der Waals surface area contributed by atoms with Crippen LogP contribution in [0.1, 0.15) is 24.2 Å². The molecule has 3 aromatic carbocycles. The van der Waals surface area contributed by atoms with Crippen molar-refractivity contribution >= 4 is 38.4 Å². The van der Waals surface area contributed by atoms with Crippen LogP contribution in [0.4, 0.5) is 5.69 Å². The maximum Gasteiger partial charge on any atom is 0.265 e. The van der Waals surface area contributed by atoms with Crippen molar-refractivity contribution in [2.45, 2.75) is 19.3 Å². The van der Waals surface area contributed by atoms with Crippen LogP contribution in [0, 0.1) is 0 Å². The summed E-state index contributed by atoms with van der Waals surface area (Å²) in [6.07, 6.45) is 0.341. The van der Waals surface area contributed by atoms with Crippen molar-refractivity contribution in [2.75, 3.05) is 11.4 Å². The molecule has 1 aromatic heterocycles. The fourth-order valence-corrected chi connectivity index (χ4v) is 4.73. The number of benzene rings is 3. The number of halogens is 1. The van der Waals surface area contributed by atoms with Gasteiger partial charge in [-0.15, -0.1) is 0 Å². The number of hydrogen-bond acceptors (Lipinski definition) is 3. The van der Waals surface area contributed by atoms with E-state index in [1.165, 1.54) is 0 Å². The van der Waals surface area contributed by atoms with Crippen LogP contribution < -0.4 is 10.5 Å². The smallest absolute Gasteiger partial charge is 0.265 e. The average Bonchev–Trinajstić information content (AvgIpc) is 3.04. The number of aromatic nitrogens is 2. The lowest BCUT2D eigenvalue weighted by Gasteiger charge is -2.17. The van der Waals surface area contributed by atoms with Crippen molar-refractivity contribution in [3.63, 3.8) is 0 Å². The van der Waals surface area contributed by atoms with Crippen LogP contribution in [0.15, 0.2) is 82.1 Å². The number of fused-ring (bicyclic) bond motifs is 2. The van der Waals surface area contributed by atoms with Gasteiger partial charge in [-0.3, -0.25) is 14.2 Å². The third-order valence-electron chi connectivity index (χ3n) is 5.78. The molecule has 2 heterocycles. The number of anilines is 1. The Balaban J connectivity index is 1.71. The second-order valence-electron chi connectivity index (χ2n) is 7.56. The first-order chi connectivity index (χ1) is 15.1. The van der Waals surface area contributed by atoms with Gasteiger partial charge in [0.05, 0.1) is 22.5 Å². The number of likely N-dealkylation sites (N-methyl/N-ethyl adjacent to an activating group) is 1. The highest BCUT2D eigenvalue weighted by Gasteiger charge is 2.37. The zero-order valence-electron chi connectivity index (χ0n) is 17.0. The molecule has 0 fully saturated rings. The van der Waals surface area contributed by atoms with Crippen LogP contribution in [0.2, 0.25) is 0 Å². The zero-order chi connectivity index (χ0) is 21.5. The van der Waals surface area contributed by atoms with Crippen molar-refractivity contribution in [1.82, 2.24) is 9.55 Å². The molecular weight excluding hydrogens is 454 g/mol. The molecule has 1 amide bonds. The van der Waals surface area contributed by atoms with Crippen LogP contribution in [-0.4, -0.2) is 22.0 Å². The number of hydrogen-bond donors (Lipinski definition) is 0. The summed E-state index contributed by atoms with van der Waals surface area (Å²) in [7, 11) is 0. The van der Waals surface area contributed by atoms with E-state index < -0.39 is 5.92 Å². The van der Waals surface area contributed by atoms with E-state index in [9.17, 15) is 9.59 Å². The molecule has 0 aliphatic carbocycles. The summed E-state index contributed by atoms with van der Waals surface area (Å²) in [6, 6.07) is 22.8. The standard InChI is InChI=1S/C25H20BrN3O2/c1-2-28-22-13-12-16(26)14-19(22)20(24(28)30)15-23-27-21-11-7-6-10-18(21)25(31)29(23)17-8-4-3-5-9-17/h3-14,20H,2,15H2,1H3. The third kappa shape index (κ3) is 3.27. The third-order valence-corrected chi connectivity index (χ3v) is 6.28. The molecule has 0 bridgehead atoms. The summed E-state index contributed by atoms with van der Waals surface area (Å²) in [5.74, 6) is 0.227. The Bertz CT molecular complexity index is 1360. The second-order valence-corrected chi connectivity index (χ2v) is 8.48. The predicted octanol–water partition coefficient (Wildman–Crippen LogP) is 4.84. The minimum Gasteiger partial charge on any atom is -0.312 e. The van der Waals surface area contributed by atoms with Gasteiger partial charge in [0.25, 0.3) is 5.56 Å². The van der Waals surface area contributed by atoms with E-state index in [-0.39, 0.29) is 11.5 Å². The van der Waals surface area contributed by atoms with Gasteiger partial charge in [0.15, 0.2) is 0 Å². The Kier molecular flexibility index (Phi) is 4.94. The Labute approximate surface area is 188 Å². The highest BCUT2D eigenvalue weighted by molar-refractivity contribution is 9.10. The van der Waals surface area contributed by atoms with Crippen LogP contribution >= 0.6 is 15.9 Å². The van der Waals surface area contributed by atoms with Crippen LogP contribution in [-0.2, 0) is 11.2 Å². The van der Waals surface area contributed by atoms with Crippen molar-refractivity contribution in [1.29, 1.82) is 0 Å². The lowest BCUT2D eigenvalue weighted by atomic mass is 9.96. The van der Waals surface area contributed by atoms with E-state index in [4.69, 9.17) is 4.98 Å². The zero-order valence-corrected chi connectivity index (χ0v) is 18.5. The van der Waals surface area contributed by atoms with Crippen LogP contribution in [0.5, 0.6) is 0 Å². The fourth-order valence-electron chi connectivity index (χ4n) is 4.36. The largest absolute Gasteiger partial charge is 0.312 e. The highest BCUT2D eigenvalue weighted by Crippen LogP contribution is 2.40. The number of carbonyl (C=O) groups excluding carboxylic acids is 1. The number of carbonyl (C=O) groups is 1. The Morgan fingerprint density at radius 2 is 1.71 bits per heavy atom. The van der Waals surface area contributed by atoms with Gasteiger partial charge in [-0.25, -0.2) is 4.98 Å². The van der Waals surface area contributed by atoms with Crippen molar-refractivity contribution in [3.05, 3.63) is 99.0 Å². The van der Waals surface area contributed by atoms with Crippen LogP contribution in [0.25, 0.3) is 16.6 Å². The van der Waals surface area contributed by atoms with E-state index >= 15 is 0 Å². The van der Waals surface area contributed by atoms with E-state index in [2.05, 4.69) is 15.9 Å². The molecule has 5 nitrogen and oxygen atoms in total.